The molecule has 0 aliphatic heterocycles. The maximum atomic E-state index is 12.4. The van der Waals surface area contributed by atoms with Crippen LogP contribution in [0.5, 0.6) is 0 Å². The van der Waals surface area contributed by atoms with Crippen LogP contribution in [0.15, 0.2) is 77.6 Å². The predicted molar refractivity (Wildman–Crippen MR) is 87.9 cm³/mol. The summed E-state index contributed by atoms with van der Waals surface area (Å²) in [6.45, 7) is 0. The third-order valence-electron chi connectivity index (χ3n) is 3.11. The Labute approximate surface area is 134 Å². The quantitative estimate of drug-likeness (QED) is 0.738. The van der Waals surface area contributed by atoms with Gasteiger partial charge in [0.15, 0.2) is 15.7 Å². The van der Waals surface area contributed by atoms with Crippen LogP contribution in [0.25, 0.3) is 17.5 Å². The molecule has 0 spiro atoms. The number of hydrogen-bond donors (Lipinski definition) is 0. The molecule has 0 aliphatic carbocycles. The SMILES string of the molecule is O=S(=O)(/C=C/c1cccnc1)c1cccc(-c2ncccn2)c1. The summed E-state index contributed by atoms with van der Waals surface area (Å²) < 4.78 is 24.9. The average molecular weight is 323 g/mol. The summed E-state index contributed by atoms with van der Waals surface area (Å²) in [6.07, 6.45) is 7.99. The van der Waals surface area contributed by atoms with E-state index in [0.717, 1.165) is 5.56 Å². The van der Waals surface area contributed by atoms with E-state index in [1.165, 1.54) is 11.5 Å². The Hall–Kier alpha value is -2.86. The van der Waals surface area contributed by atoms with Crippen molar-refractivity contribution >= 4 is 15.9 Å². The first-order valence-electron chi connectivity index (χ1n) is 6.86. The molecule has 0 fully saturated rings. The summed E-state index contributed by atoms with van der Waals surface area (Å²) in [7, 11) is -3.55. The van der Waals surface area contributed by atoms with Gasteiger partial charge in [-0.25, -0.2) is 18.4 Å². The Morgan fingerprint density at radius 3 is 2.48 bits per heavy atom. The Morgan fingerprint density at radius 2 is 1.74 bits per heavy atom. The van der Waals surface area contributed by atoms with Gasteiger partial charge in [0.2, 0.25) is 0 Å². The highest BCUT2D eigenvalue weighted by Crippen LogP contribution is 2.20. The van der Waals surface area contributed by atoms with Crippen LogP contribution in [-0.4, -0.2) is 23.4 Å². The summed E-state index contributed by atoms with van der Waals surface area (Å²) in [5.74, 6) is 0.487. The highest BCUT2D eigenvalue weighted by atomic mass is 32.2. The van der Waals surface area contributed by atoms with Crippen LogP contribution in [0.2, 0.25) is 0 Å². The molecule has 0 aliphatic rings. The van der Waals surface area contributed by atoms with Crippen LogP contribution in [-0.2, 0) is 9.84 Å². The summed E-state index contributed by atoms with van der Waals surface area (Å²) in [6, 6.07) is 11.8. The fourth-order valence-electron chi connectivity index (χ4n) is 1.98. The van der Waals surface area contributed by atoms with Gasteiger partial charge in [-0.1, -0.05) is 18.2 Å². The molecule has 0 N–H and O–H groups in total. The minimum atomic E-state index is -3.55. The van der Waals surface area contributed by atoms with E-state index in [-0.39, 0.29) is 4.90 Å². The Bertz CT molecular complexity index is 924. The van der Waals surface area contributed by atoms with E-state index in [0.29, 0.717) is 11.4 Å². The van der Waals surface area contributed by atoms with Gasteiger partial charge >= 0.3 is 0 Å². The van der Waals surface area contributed by atoms with Gasteiger partial charge in [-0.05, 0) is 35.9 Å². The van der Waals surface area contributed by atoms with Gasteiger partial charge < -0.3 is 0 Å². The first kappa shape index (κ1) is 15.1. The third-order valence-corrected chi connectivity index (χ3v) is 4.52. The first-order valence-corrected chi connectivity index (χ1v) is 8.40. The third kappa shape index (κ3) is 3.67. The molecule has 0 bridgehead atoms. The average Bonchev–Trinajstić information content (AvgIpc) is 2.62. The monoisotopic (exact) mass is 323 g/mol. The number of sulfone groups is 1. The van der Waals surface area contributed by atoms with E-state index < -0.39 is 9.84 Å². The highest BCUT2D eigenvalue weighted by molar-refractivity contribution is 7.94. The van der Waals surface area contributed by atoms with Crippen LogP contribution >= 0.6 is 0 Å². The van der Waals surface area contributed by atoms with E-state index >= 15 is 0 Å². The molecule has 1 aromatic carbocycles. The van der Waals surface area contributed by atoms with Crippen molar-refractivity contribution in [1.82, 2.24) is 15.0 Å². The van der Waals surface area contributed by atoms with E-state index in [4.69, 9.17) is 0 Å². The number of nitrogens with zero attached hydrogens (tertiary/aromatic N) is 3. The van der Waals surface area contributed by atoms with E-state index in [9.17, 15) is 8.42 Å². The van der Waals surface area contributed by atoms with Crippen LogP contribution in [0, 0.1) is 0 Å². The molecule has 2 aromatic heterocycles. The Morgan fingerprint density at radius 1 is 0.913 bits per heavy atom. The minimum Gasteiger partial charge on any atom is -0.264 e. The van der Waals surface area contributed by atoms with Gasteiger partial charge in [-0.15, -0.1) is 0 Å². The van der Waals surface area contributed by atoms with Gasteiger partial charge in [0.05, 0.1) is 4.90 Å². The lowest BCUT2D eigenvalue weighted by Gasteiger charge is -2.03. The van der Waals surface area contributed by atoms with Crippen molar-refractivity contribution in [1.29, 1.82) is 0 Å². The Kier molecular flexibility index (Phi) is 4.25. The second kappa shape index (κ2) is 6.50. The molecule has 2 heterocycles. The maximum Gasteiger partial charge on any atom is 0.199 e. The van der Waals surface area contributed by atoms with Crippen molar-refractivity contribution in [2.45, 2.75) is 4.90 Å². The topological polar surface area (TPSA) is 72.8 Å². The molecule has 0 radical (unpaired) electrons. The second-order valence-electron chi connectivity index (χ2n) is 4.73. The van der Waals surface area contributed by atoms with Crippen molar-refractivity contribution < 1.29 is 8.42 Å². The predicted octanol–water partition coefficient (Wildman–Crippen LogP) is 2.98. The number of rotatable bonds is 4. The van der Waals surface area contributed by atoms with Gasteiger partial charge in [0.25, 0.3) is 0 Å². The highest BCUT2D eigenvalue weighted by Gasteiger charge is 2.12. The molecular weight excluding hydrogens is 310 g/mol. The standard InChI is InChI=1S/C17H13N3O2S/c21-23(22,11-7-14-4-2-8-18-13-14)16-6-1-5-15(12-16)17-19-9-3-10-20-17/h1-13H/b11-7+. The lowest BCUT2D eigenvalue weighted by molar-refractivity contribution is 0.605. The summed E-state index contributed by atoms with van der Waals surface area (Å²) >= 11 is 0. The molecule has 23 heavy (non-hydrogen) atoms. The number of hydrogen-bond acceptors (Lipinski definition) is 5. The summed E-state index contributed by atoms with van der Waals surface area (Å²) in [5, 5.41) is 1.18. The van der Waals surface area contributed by atoms with E-state index in [1.807, 2.05) is 0 Å². The van der Waals surface area contributed by atoms with Crippen molar-refractivity contribution in [2.75, 3.05) is 0 Å². The van der Waals surface area contributed by atoms with Crippen LogP contribution < -0.4 is 0 Å². The lowest BCUT2D eigenvalue weighted by Crippen LogP contribution is -1.97. The van der Waals surface area contributed by atoms with Gasteiger partial charge in [0, 0.05) is 35.8 Å². The molecule has 114 valence electrons. The molecule has 3 rings (SSSR count). The van der Waals surface area contributed by atoms with Crippen LogP contribution in [0.1, 0.15) is 5.56 Å². The molecule has 0 saturated heterocycles. The largest absolute Gasteiger partial charge is 0.264 e. The van der Waals surface area contributed by atoms with Crippen molar-refractivity contribution in [3.05, 3.63) is 78.2 Å². The fourth-order valence-corrected chi connectivity index (χ4v) is 3.03. The first-order chi connectivity index (χ1) is 11.1. The molecule has 0 amide bonds. The number of benzene rings is 1. The summed E-state index contributed by atoms with van der Waals surface area (Å²) in [5.41, 5.74) is 1.38. The van der Waals surface area contributed by atoms with Crippen LogP contribution in [0.3, 0.4) is 0 Å². The lowest BCUT2D eigenvalue weighted by atomic mass is 10.2. The molecule has 3 aromatic rings. The second-order valence-corrected chi connectivity index (χ2v) is 6.57. The molecule has 5 nitrogen and oxygen atoms in total. The minimum absolute atomic E-state index is 0.197. The van der Waals surface area contributed by atoms with Crippen molar-refractivity contribution in [2.24, 2.45) is 0 Å². The molecule has 6 heteroatoms. The molecular formula is C17H13N3O2S. The maximum absolute atomic E-state index is 12.4. The van der Waals surface area contributed by atoms with Crippen molar-refractivity contribution in [3.8, 4) is 11.4 Å². The number of pyridine rings is 1. The normalized spacial score (nSPS) is 11.7. The Balaban J connectivity index is 1.93. The summed E-state index contributed by atoms with van der Waals surface area (Å²) in [4.78, 5) is 12.4. The number of aromatic nitrogens is 3. The van der Waals surface area contributed by atoms with Gasteiger partial charge in [-0.2, -0.15) is 0 Å². The zero-order chi connectivity index (χ0) is 16.1. The zero-order valence-corrected chi connectivity index (χ0v) is 12.9. The smallest absolute Gasteiger partial charge is 0.199 e. The van der Waals surface area contributed by atoms with E-state index in [1.54, 1.807) is 67.3 Å². The zero-order valence-electron chi connectivity index (χ0n) is 12.1. The van der Waals surface area contributed by atoms with Crippen molar-refractivity contribution in [3.63, 3.8) is 0 Å². The molecule has 0 saturated carbocycles. The van der Waals surface area contributed by atoms with Gasteiger partial charge in [-0.3, -0.25) is 4.98 Å². The van der Waals surface area contributed by atoms with Crippen LogP contribution in [0.4, 0.5) is 0 Å². The molecule has 0 atom stereocenters. The van der Waals surface area contributed by atoms with Gasteiger partial charge in [0.1, 0.15) is 0 Å². The molecule has 0 unspecified atom stereocenters. The fraction of sp³-hybridized carbons (Fsp3) is 0. The van der Waals surface area contributed by atoms with E-state index in [2.05, 4.69) is 15.0 Å².